The number of hydrogen-bond acceptors (Lipinski definition) is 8. The topological polar surface area (TPSA) is 151 Å². The van der Waals surface area contributed by atoms with E-state index in [9.17, 15) is 14.4 Å². The molecule has 2 spiro atoms. The van der Waals surface area contributed by atoms with Crippen molar-refractivity contribution in [1.82, 2.24) is 25.8 Å². The second-order valence-corrected chi connectivity index (χ2v) is 13.9. The first-order valence-corrected chi connectivity index (χ1v) is 15.7. The maximum atomic E-state index is 16.7. The number of hydrogen-bond donors (Lipinski definition) is 4. The van der Waals surface area contributed by atoms with E-state index in [2.05, 4.69) is 51.6 Å². The molecule has 2 amide bonds. The first-order chi connectivity index (χ1) is 21.3. The van der Waals surface area contributed by atoms with E-state index in [0.717, 1.165) is 12.8 Å². The second kappa shape index (κ2) is 11.8. The number of aromatic amines is 1. The summed E-state index contributed by atoms with van der Waals surface area (Å²) in [6.07, 6.45) is 7.05. The number of rotatable bonds is 6. The summed E-state index contributed by atoms with van der Waals surface area (Å²) in [6, 6.07) is 1.77. The average molecular weight is 662 g/mol. The van der Waals surface area contributed by atoms with Gasteiger partial charge in [0.1, 0.15) is 28.3 Å². The number of pyridine rings is 1. The number of allylic oxidation sites excluding steroid dienone is 4. The number of anilines is 1. The Morgan fingerprint density at radius 2 is 1.96 bits per heavy atom. The van der Waals surface area contributed by atoms with Crippen molar-refractivity contribution in [2.75, 3.05) is 11.9 Å². The Hall–Kier alpha value is -3.32. The Balaban J connectivity index is 1.38. The lowest BCUT2D eigenvalue weighted by atomic mass is 9.54. The molecule has 5 heterocycles. The Morgan fingerprint density at radius 1 is 1.20 bits per heavy atom. The minimum absolute atomic E-state index is 0.00138. The van der Waals surface area contributed by atoms with E-state index < -0.39 is 58.5 Å². The van der Waals surface area contributed by atoms with E-state index in [1.54, 1.807) is 12.1 Å². The Kier molecular flexibility index (Phi) is 8.30. The predicted octanol–water partition coefficient (Wildman–Crippen LogP) is 4.73. The summed E-state index contributed by atoms with van der Waals surface area (Å²) in [5, 5.41) is 15.9. The molecule has 4 aliphatic rings. The number of carbonyl (C=O) groups excluding carboxylic acids is 2. The Bertz CT molecular complexity index is 1630. The third kappa shape index (κ3) is 5.55. The monoisotopic (exact) mass is 660 g/mol. The minimum atomic E-state index is -1.50. The van der Waals surface area contributed by atoms with Crippen molar-refractivity contribution in [2.45, 2.75) is 81.5 Å². The lowest BCUT2D eigenvalue weighted by Crippen LogP contribution is -2.61. The molecule has 5 atom stereocenters. The Labute approximate surface area is 269 Å². The van der Waals surface area contributed by atoms with Gasteiger partial charge in [0.25, 0.3) is 0 Å². The zero-order valence-corrected chi connectivity index (χ0v) is 26.4. The van der Waals surface area contributed by atoms with Crippen LogP contribution in [0.1, 0.15) is 69.9 Å². The van der Waals surface area contributed by atoms with Crippen molar-refractivity contribution in [3.63, 3.8) is 0 Å². The fourth-order valence-corrected chi connectivity index (χ4v) is 7.78. The van der Waals surface area contributed by atoms with Gasteiger partial charge >= 0.3 is 5.76 Å². The largest absolute Gasteiger partial charge is 0.434 e. The summed E-state index contributed by atoms with van der Waals surface area (Å²) in [6.45, 7) is 8.07. The number of ether oxygens (including phenoxy) is 1. The molecule has 3 fully saturated rings. The molecular formula is C31H35Cl2FN6O5. The number of carbonyl (C=O) groups is 2. The molecule has 1 saturated carbocycles. The zero-order valence-electron chi connectivity index (χ0n) is 24.9. The molecule has 0 radical (unpaired) electrons. The number of amides is 2. The highest BCUT2D eigenvalue weighted by molar-refractivity contribution is 6.30. The van der Waals surface area contributed by atoms with Gasteiger partial charge < -0.3 is 19.8 Å². The molecule has 0 unspecified atom stereocenters. The molecule has 11 nitrogen and oxygen atoms in total. The molecule has 0 bridgehead atoms. The third-order valence-electron chi connectivity index (χ3n) is 9.78. The first kappa shape index (κ1) is 31.7. The number of nitrogens with zero attached hydrogens (tertiary/aromatic N) is 2. The van der Waals surface area contributed by atoms with Gasteiger partial charge in [-0.1, -0.05) is 55.8 Å². The van der Waals surface area contributed by atoms with Crippen LogP contribution < -0.4 is 21.7 Å². The predicted molar refractivity (Wildman–Crippen MR) is 165 cm³/mol. The summed E-state index contributed by atoms with van der Waals surface area (Å²) in [5.74, 6) is -3.05. The van der Waals surface area contributed by atoms with Gasteiger partial charge in [-0.05, 0) is 62.2 Å². The number of H-pyrrole nitrogens is 1. The van der Waals surface area contributed by atoms with Crippen LogP contribution in [-0.4, -0.2) is 51.2 Å². The van der Waals surface area contributed by atoms with Crippen LogP contribution in [-0.2, 0) is 19.7 Å². The number of aromatic nitrogens is 3. The maximum Gasteiger partial charge on any atom is 0.434 e. The third-order valence-corrected chi connectivity index (χ3v) is 10.1. The maximum absolute atomic E-state index is 16.7. The van der Waals surface area contributed by atoms with Crippen LogP contribution in [0.3, 0.4) is 0 Å². The van der Waals surface area contributed by atoms with Crippen LogP contribution in [0, 0.1) is 11.3 Å². The van der Waals surface area contributed by atoms with E-state index in [0.29, 0.717) is 31.2 Å². The van der Waals surface area contributed by atoms with Crippen LogP contribution >= 0.6 is 23.2 Å². The first-order valence-electron chi connectivity index (χ1n) is 15.0. The van der Waals surface area contributed by atoms with Crippen LogP contribution in [0.4, 0.5) is 10.2 Å². The summed E-state index contributed by atoms with van der Waals surface area (Å²) in [5.41, 5.74) is -1.96. The van der Waals surface area contributed by atoms with E-state index in [-0.39, 0.29) is 33.9 Å². The number of fused-ring (bicyclic) bond motifs is 3. The summed E-state index contributed by atoms with van der Waals surface area (Å²) >= 11 is 12.1. The standard InChI is InChI=1S/C31H35Cl2FN6O5/c1-16(32)5-4-6-19(34)22-23(25(41)35-17-7-9-20(44-15-17)26-39-40-28(43)45-26)38-30(13-11-29(2,3)12-14-30)31(22)18-8-10-21(33)36-24(18)37-27(31)42/h4-6,8,10,17,20,22-23,38H,1,7,9,11-15H2,2-3H3,(H,35,41)(H,40,43)(H,36,37,42)/b5-4-,19-6-/t17-,20+,22+,23-,31-/m1/s1. The molecule has 1 aliphatic carbocycles. The van der Waals surface area contributed by atoms with Gasteiger partial charge in [0, 0.05) is 16.1 Å². The van der Waals surface area contributed by atoms with Crippen LogP contribution in [0.25, 0.3) is 0 Å². The highest BCUT2D eigenvalue weighted by atomic mass is 35.5. The van der Waals surface area contributed by atoms with Crippen molar-refractivity contribution in [3.05, 3.63) is 75.0 Å². The van der Waals surface area contributed by atoms with Gasteiger partial charge in [0.2, 0.25) is 17.7 Å². The van der Waals surface area contributed by atoms with Gasteiger partial charge in [-0.3, -0.25) is 14.9 Å². The van der Waals surface area contributed by atoms with E-state index in [4.69, 9.17) is 32.4 Å². The van der Waals surface area contributed by atoms with Crippen molar-refractivity contribution < 1.29 is 23.1 Å². The fourth-order valence-electron chi connectivity index (χ4n) is 7.56. The molecule has 4 N–H and O–H groups in total. The molecule has 2 aromatic heterocycles. The number of halogens is 3. The second-order valence-electron chi connectivity index (χ2n) is 13.1. The fraction of sp³-hybridized carbons (Fsp3) is 0.516. The quantitative estimate of drug-likeness (QED) is 0.257. The highest BCUT2D eigenvalue weighted by Crippen LogP contribution is 2.62. The lowest BCUT2D eigenvalue weighted by Gasteiger charge is -2.50. The normalized spacial score (nSPS) is 30.5. The van der Waals surface area contributed by atoms with Gasteiger partial charge in [0.05, 0.1) is 24.6 Å². The Morgan fingerprint density at radius 3 is 2.60 bits per heavy atom. The van der Waals surface area contributed by atoms with Gasteiger partial charge in [-0.15, -0.1) is 5.10 Å². The van der Waals surface area contributed by atoms with E-state index in [1.165, 1.54) is 18.2 Å². The lowest BCUT2D eigenvalue weighted by molar-refractivity contribution is -0.127. The summed E-state index contributed by atoms with van der Waals surface area (Å²) in [7, 11) is 0. The minimum Gasteiger partial charge on any atom is -0.390 e. The number of nitrogens with one attached hydrogen (secondary N) is 4. The smallest absolute Gasteiger partial charge is 0.390 e. The molecule has 45 heavy (non-hydrogen) atoms. The van der Waals surface area contributed by atoms with Gasteiger partial charge in [-0.25, -0.2) is 19.3 Å². The average Bonchev–Trinajstić information content (AvgIpc) is 3.64. The van der Waals surface area contributed by atoms with Gasteiger partial charge in [0.15, 0.2) is 0 Å². The summed E-state index contributed by atoms with van der Waals surface area (Å²) < 4.78 is 27.6. The summed E-state index contributed by atoms with van der Waals surface area (Å²) in [4.78, 5) is 44.3. The van der Waals surface area contributed by atoms with Crippen molar-refractivity contribution in [3.8, 4) is 0 Å². The highest BCUT2D eigenvalue weighted by Gasteiger charge is 2.73. The molecule has 6 rings (SSSR count). The molecular weight excluding hydrogens is 626 g/mol. The molecule has 14 heteroatoms. The van der Waals surface area contributed by atoms with Crippen molar-refractivity contribution in [1.29, 1.82) is 0 Å². The van der Waals surface area contributed by atoms with E-state index >= 15 is 4.39 Å². The molecule has 3 aliphatic heterocycles. The van der Waals surface area contributed by atoms with Crippen LogP contribution in [0.2, 0.25) is 5.15 Å². The molecule has 0 aromatic carbocycles. The van der Waals surface area contributed by atoms with E-state index in [1.807, 2.05) is 0 Å². The van der Waals surface area contributed by atoms with Gasteiger partial charge in [-0.2, -0.15) is 0 Å². The van der Waals surface area contributed by atoms with Crippen LogP contribution in [0.5, 0.6) is 0 Å². The molecule has 2 saturated heterocycles. The van der Waals surface area contributed by atoms with Crippen LogP contribution in [0.15, 0.2) is 57.0 Å². The van der Waals surface area contributed by atoms with Crippen molar-refractivity contribution >= 4 is 40.8 Å². The molecule has 2 aromatic rings. The molecule has 240 valence electrons. The zero-order chi connectivity index (χ0) is 32.1. The SMILES string of the molecule is C=C(Cl)/C=C\C=C(/F)[C@H]1[C@H](C(=O)N[C@@H]2CC[C@@H](c3n[nH]c(=O)o3)OC2)NC2(CCC(C)(C)CC2)[C@@]12C(=O)Nc1nc(Cl)ccc12. The van der Waals surface area contributed by atoms with Crippen molar-refractivity contribution in [2.24, 2.45) is 11.3 Å².